The quantitative estimate of drug-likeness (QED) is 0.453. The number of alkyl halides is 1. The summed E-state index contributed by atoms with van der Waals surface area (Å²) in [6.07, 6.45) is 0. The first-order valence-electron chi connectivity index (χ1n) is 5.90. The summed E-state index contributed by atoms with van der Waals surface area (Å²) in [4.78, 5) is 10.4. The van der Waals surface area contributed by atoms with Gasteiger partial charge in [-0.15, -0.1) is 0 Å². The van der Waals surface area contributed by atoms with E-state index in [0.717, 1.165) is 5.33 Å². The molecule has 0 radical (unpaired) electrons. The molecule has 0 amide bonds. The molecule has 0 aliphatic carbocycles. The van der Waals surface area contributed by atoms with Gasteiger partial charge in [-0.1, -0.05) is 35.8 Å². The lowest BCUT2D eigenvalue weighted by atomic mass is 9.99. The van der Waals surface area contributed by atoms with Crippen LogP contribution < -0.4 is 4.74 Å². The van der Waals surface area contributed by atoms with E-state index in [-0.39, 0.29) is 10.6 Å². The molecule has 0 aliphatic heterocycles. The normalized spacial score (nSPS) is 12.5. The van der Waals surface area contributed by atoms with Crippen LogP contribution >= 0.6 is 15.9 Å². The summed E-state index contributed by atoms with van der Waals surface area (Å²) >= 11 is 3.46. The molecule has 0 spiro atoms. The zero-order chi connectivity index (χ0) is 13.7. The van der Waals surface area contributed by atoms with Crippen LogP contribution in [0.4, 0.5) is 5.69 Å². The highest BCUT2D eigenvalue weighted by molar-refractivity contribution is 9.09. The van der Waals surface area contributed by atoms with E-state index in [4.69, 9.17) is 4.74 Å². The van der Waals surface area contributed by atoms with Crippen molar-refractivity contribution in [1.82, 2.24) is 0 Å². The summed E-state index contributed by atoms with van der Waals surface area (Å²) in [6.45, 7) is 6.54. The van der Waals surface area contributed by atoms with Crippen LogP contribution in [0.3, 0.4) is 0 Å². The molecule has 0 fully saturated rings. The predicted molar refractivity (Wildman–Crippen MR) is 75.5 cm³/mol. The lowest BCUT2D eigenvalue weighted by Gasteiger charge is -2.19. The number of hydrogen-bond donors (Lipinski definition) is 0. The van der Waals surface area contributed by atoms with E-state index in [0.29, 0.717) is 29.8 Å². The fraction of sp³-hybridized carbons (Fsp3) is 0.538. The van der Waals surface area contributed by atoms with Gasteiger partial charge in [0.15, 0.2) is 0 Å². The lowest BCUT2D eigenvalue weighted by Crippen LogP contribution is -2.19. The molecule has 0 bridgehead atoms. The van der Waals surface area contributed by atoms with Crippen LogP contribution in [0.25, 0.3) is 0 Å². The summed E-state index contributed by atoms with van der Waals surface area (Å²) < 4.78 is 5.71. The maximum absolute atomic E-state index is 10.8. The molecule has 100 valence electrons. The van der Waals surface area contributed by atoms with Gasteiger partial charge in [-0.3, -0.25) is 10.1 Å². The van der Waals surface area contributed by atoms with Gasteiger partial charge in [0.2, 0.25) is 0 Å². The Morgan fingerprint density at radius 1 is 1.44 bits per heavy atom. The molecule has 1 rings (SSSR count). The standard InChI is InChI=1S/C13H18BrNO3/c1-9(2)11(7-14)8-18-13-6-4-5-12(10(13)3)15(16)17/h4-6,9,11H,7-8H2,1-3H3. The van der Waals surface area contributed by atoms with Gasteiger partial charge in [0.1, 0.15) is 5.75 Å². The van der Waals surface area contributed by atoms with E-state index in [1.165, 1.54) is 6.07 Å². The van der Waals surface area contributed by atoms with Crippen molar-refractivity contribution in [3.63, 3.8) is 0 Å². The minimum atomic E-state index is -0.382. The van der Waals surface area contributed by atoms with Crippen LogP contribution in [0, 0.1) is 28.9 Å². The first kappa shape index (κ1) is 15.0. The monoisotopic (exact) mass is 315 g/mol. The molecular weight excluding hydrogens is 298 g/mol. The Hall–Kier alpha value is -1.10. The zero-order valence-electron chi connectivity index (χ0n) is 10.9. The summed E-state index contributed by atoms with van der Waals surface area (Å²) in [5.74, 6) is 1.49. The number of rotatable bonds is 6. The molecule has 1 aromatic carbocycles. The minimum absolute atomic E-state index is 0.104. The Morgan fingerprint density at radius 2 is 2.11 bits per heavy atom. The van der Waals surface area contributed by atoms with Crippen LogP contribution in [-0.4, -0.2) is 16.9 Å². The Morgan fingerprint density at radius 3 is 2.61 bits per heavy atom. The van der Waals surface area contributed by atoms with Crippen molar-refractivity contribution in [2.45, 2.75) is 20.8 Å². The van der Waals surface area contributed by atoms with E-state index in [1.54, 1.807) is 19.1 Å². The van der Waals surface area contributed by atoms with Gasteiger partial charge >= 0.3 is 0 Å². The van der Waals surface area contributed by atoms with E-state index < -0.39 is 0 Å². The molecule has 0 saturated carbocycles. The van der Waals surface area contributed by atoms with Crippen molar-refractivity contribution < 1.29 is 9.66 Å². The summed E-state index contributed by atoms with van der Waals surface area (Å²) in [5.41, 5.74) is 0.687. The molecular formula is C13H18BrNO3. The third-order valence-corrected chi connectivity index (χ3v) is 3.88. The van der Waals surface area contributed by atoms with Crippen molar-refractivity contribution in [2.75, 3.05) is 11.9 Å². The molecule has 0 heterocycles. The molecule has 5 heteroatoms. The Kier molecular flexibility index (Phi) is 5.59. The summed E-state index contributed by atoms with van der Waals surface area (Å²) in [6, 6.07) is 4.92. The molecule has 1 unspecified atom stereocenters. The topological polar surface area (TPSA) is 52.4 Å². The first-order chi connectivity index (χ1) is 8.47. The van der Waals surface area contributed by atoms with Crippen molar-refractivity contribution in [3.8, 4) is 5.75 Å². The second-order valence-electron chi connectivity index (χ2n) is 4.63. The zero-order valence-corrected chi connectivity index (χ0v) is 12.4. The minimum Gasteiger partial charge on any atom is -0.493 e. The van der Waals surface area contributed by atoms with Crippen molar-refractivity contribution in [3.05, 3.63) is 33.9 Å². The Labute approximate surface area is 116 Å². The smallest absolute Gasteiger partial charge is 0.276 e. The van der Waals surface area contributed by atoms with Crippen LogP contribution in [0.1, 0.15) is 19.4 Å². The fourth-order valence-corrected chi connectivity index (χ4v) is 2.50. The van der Waals surface area contributed by atoms with E-state index in [1.807, 2.05) is 0 Å². The van der Waals surface area contributed by atoms with Gasteiger partial charge in [-0.25, -0.2) is 0 Å². The van der Waals surface area contributed by atoms with E-state index in [9.17, 15) is 10.1 Å². The van der Waals surface area contributed by atoms with Gasteiger partial charge in [-0.2, -0.15) is 0 Å². The SMILES string of the molecule is Cc1c(OCC(CBr)C(C)C)cccc1[N+](=O)[O-]. The van der Waals surface area contributed by atoms with Gasteiger partial charge in [0.25, 0.3) is 5.69 Å². The van der Waals surface area contributed by atoms with Crippen molar-refractivity contribution in [2.24, 2.45) is 11.8 Å². The van der Waals surface area contributed by atoms with Gasteiger partial charge in [0, 0.05) is 17.3 Å². The van der Waals surface area contributed by atoms with Gasteiger partial charge in [0.05, 0.1) is 17.1 Å². The number of nitrogens with zero attached hydrogens (tertiary/aromatic N) is 1. The number of benzene rings is 1. The van der Waals surface area contributed by atoms with Crippen LogP contribution in [-0.2, 0) is 0 Å². The average Bonchev–Trinajstić information content (AvgIpc) is 2.31. The molecule has 18 heavy (non-hydrogen) atoms. The highest BCUT2D eigenvalue weighted by Gasteiger charge is 2.17. The van der Waals surface area contributed by atoms with Crippen LogP contribution in [0.15, 0.2) is 18.2 Å². The van der Waals surface area contributed by atoms with Crippen molar-refractivity contribution in [1.29, 1.82) is 0 Å². The molecule has 0 saturated heterocycles. The van der Waals surface area contributed by atoms with E-state index >= 15 is 0 Å². The predicted octanol–water partition coefficient (Wildman–Crippen LogP) is 3.95. The third-order valence-electron chi connectivity index (χ3n) is 3.05. The number of hydrogen-bond acceptors (Lipinski definition) is 3. The number of ether oxygens (including phenoxy) is 1. The molecule has 1 atom stereocenters. The second-order valence-corrected chi connectivity index (χ2v) is 5.27. The summed E-state index contributed by atoms with van der Waals surface area (Å²) in [5, 5.41) is 11.7. The highest BCUT2D eigenvalue weighted by atomic mass is 79.9. The maximum Gasteiger partial charge on any atom is 0.276 e. The molecule has 0 N–H and O–H groups in total. The second kappa shape index (κ2) is 6.73. The highest BCUT2D eigenvalue weighted by Crippen LogP contribution is 2.28. The summed E-state index contributed by atoms with van der Waals surface area (Å²) in [7, 11) is 0. The largest absolute Gasteiger partial charge is 0.493 e. The van der Waals surface area contributed by atoms with Gasteiger partial charge in [-0.05, 0) is 18.9 Å². The molecule has 1 aromatic rings. The average molecular weight is 316 g/mol. The number of nitro benzene ring substituents is 1. The molecule has 0 aromatic heterocycles. The number of halogens is 1. The van der Waals surface area contributed by atoms with Crippen LogP contribution in [0.5, 0.6) is 5.75 Å². The first-order valence-corrected chi connectivity index (χ1v) is 7.02. The maximum atomic E-state index is 10.8. The number of nitro groups is 1. The van der Waals surface area contributed by atoms with Gasteiger partial charge < -0.3 is 4.74 Å². The lowest BCUT2D eigenvalue weighted by molar-refractivity contribution is -0.385. The van der Waals surface area contributed by atoms with Crippen LogP contribution in [0.2, 0.25) is 0 Å². The van der Waals surface area contributed by atoms with Crippen molar-refractivity contribution >= 4 is 21.6 Å². The molecule has 4 nitrogen and oxygen atoms in total. The fourth-order valence-electron chi connectivity index (χ4n) is 1.57. The molecule has 0 aliphatic rings. The third kappa shape index (κ3) is 3.70. The van der Waals surface area contributed by atoms with E-state index in [2.05, 4.69) is 29.8 Å². The Bertz CT molecular complexity index is 421. The Balaban J connectivity index is 2.79.